The molecule has 0 aliphatic rings. The minimum Gasteiger partial charge on any atom is -0.481 e. The van der Waals surface area contributed by atoms with Gasteiger partial charge in [-0.3, -0.25) is 4.79 Å². The lowest BCUT2D eigenvalue weighted by molar-refractivity contribution is -0.137. The number of nitrogens with zero attached hydrogens (tertiary/aromatic N) is 1. The number of aryl methyl sites for hydroxylation is 3. The van der Waals surface area contributed by atoms with Crippen LogP contribution >= 0.6 is 0 Å². The fourth-order valence-corrected chi connectivity index (χ4v) is 1.66. The summed E-state index contributed by atoms with van der Waals surface area (Å²) < 4.78 is 5.54. The van der Waals surface area contributed by atoms with Crippen LogP contribution in [-0.2, 0) is 11.2 Å². The normalized spacial score (nSPS) is 10.6. The molecule has 1 heterocycles. The fourth-order valence-electron chi connectivity index (χ4n) is 1.66. The number of benzene rings is 1. The zero-order chi connectivity index (χ0) is 13.1. The molecule has 0 bridgehead atoms. The molecular weight excluding hydrogens is 230 g/mol. The maximum atomic E-state index is 10.5. The summed E-state index contributed by atoms with van der Waals surface area (Å²) >= 11 is 0. The molecule has 0 spiro atoms. The molecule has 94 valence electrons. The molecule has 0 aliphatic carbocycles. The van der Waals surface area contributed by atoms with Crippen LogP contribution in [0.2, 0.25) is 0 Å². The first-order valence-electron chi connectivity index (χ1n) is 5.80. The third-order valence-corrected chi connectivity index (χ3v) is 2.89. The Morgan fingerprint density at radius 1 is 1.33 bits per heavy atom. The summed E-state index contributed by atoms with van der Waals surface area (Å²) in [6.45, 7) is 4.08. The van der Waals surface area contributed by atoms with E-state index in [9.17, 15) is 4.79 Å². The maximum Gasteiger partial charge on any atom is 0.303 e. The standard InChI is InChI=1S/C14H15NO3/c1-9-3-4-11(7-10(9)2)14-15-8-12(18-14)5-6-13(16)17/h3-4,7-8H,5-6H2,1-2H3,(H,16,17). The van der Waals surface area contributed by atoms with Crippen LogP contribution in [0.4, 0.5) is 0 Å². The third kappa shape index (κ3) is 2.77. The number of aromatic nitrogens is 1. The Hall–Kier alpha value is -2.10. The molecular formula is C14H15NO3. The van der Waals surface area contributed by atoms with Crippen molar-refractivity contribution in [1.82, 2.24) is 4.98 Å². The number of rotatable bonds is 4. The number of hydrogen-bond acceptors (Lipinski definition) is 3. The summed E-state index contributed by atoms with van der Waals surface area (Å²) in [4.78, 5) is 14.6. The molecule has 4 nitrogen and oxygen atoms in total. The fraction of sp³-hybridized carbons (Fsp3) is 0.286. The van der Waals surface area contributed by atoms with Crippen molar-refractivity contribution in [3.05, 3.63) is 41.3 Å². The maximum absolute atomic E-state index is 10.5. The van der Waals surface area contributed by atoms with Crippen LogP contribution in [0.5, 0.6) is 0 Å². The van der Waals surface area contributed by atoms with E-state index in [1.165, 1.54) is 11.1 Å². The molecule has 0 amide bonds. The zero-order valence-electron chi connectivity index (χ0n) is 10.4. The number of hydrogen-bond donors (Lipinski definition) is 1. The summed E-state index contributed by atoms with van der Waals surface area (Å²) in [5, 5.41) is 8.60. The first kappa shape index (κ1) is 12.4. The zero-order valence-corrected chi connectivity index (χ0v) is 10.4. The van der Waals surface area contributed by atoms with Gasteiger partial charge >= 0.3 is 5.97 Å². The van der Waals surface area contributed by atoms with Crippen LogP contribution in [0.25, 0.3) is 11.5 Å². The Balaban J connectivity index is 2.18. The predicted octanol–water partition coefficient (Wildman–Crippen LogP) is 2.98. The summed E-state index contributed by atoms with van der Waals surface area (Å²) in [5.41, 5.74) is 3.31. The van der Waals surface area contributed by atoms with Gasteiger partial charge in [0.1, 0.15) is 5.76 Å². The van der Waals surface area contributed by atoms with Crippen molar-refractivity contribution in [2.45, 2.75) is 26.7 Å². The van der Waals surface area contributed by atoms with Crippen molar-refractivity contribution in [2.75, 3.05) is 0 Å². The SMILES string of the molecule is Cc1ccc(-c2ncc(CCC(=O)O)o2)cc1C. The van der Waals surface area contributed by atoms with E-state index in [4.69, 9.17) is 9.52 Å². The lowest BCUT2D eigenvalue weighted by atomic mass is 10.1. The van der Waals surface area contributed by atoms with E-state index in [0.717, 1.165) is 5.56 Å². The van der Waals surface area contributed by atoms with Crippen molar-refractivity contribution < 1.29 is 14.3 Å². The lowest BCUT2D eigenvalue weighted by Gasteiger charge is -2.01. The molecule has 1 aromatic carbocycles. The smallest absolute Gasteiger partial charge is 0.303 e. The van der Waals surface area contributed by atoms with Gasteiger partial charge in [0.25, 0.3) is 0 Å². The summed E-state index contributed by atoms with van der Waals surface area (Å²) in [6.07, 6.45) is 2.02. The van der Waals surface area contributed by atoms with Crippen molar-refractivity contribution in [3.63, 3.8) is 0 Å². The van der Waals surface area contributed by atoms with Gasteiger partial charge in [0.15, 0.2) is 0 Å². The molecule has 4 heteroatoms. The predicted molar refractivity (Wildman–Crippen MR) is 67.4 cm³/mol. The first-order chi connectivity index (χ1) is 8.56. The Bertz CT molecular complexity index is 572. The van der Waals surface area contributed by atoms with Crippen molar-refractivity contribution in [3.8, 4) is 11.5 Å². The van der Waals surface area contributed by atoms with Gasteiger partial charge in [0.2, 0.25) is 5.89 Å². The van der Waals surface area contributed by atoms with Crippen LogP contribution in [0.1, 0.15) is 23.3 Å². The number of carboxylic acids is 1. The molecule has 0 saturated carbocycles. The van der Waals surface area contributed by atoms with Gasteiger partial charge in [-0.25, -0.2) is 4.98 Å². The summed E-state index contributed by atoms with van der Waals surface area (Å²) in [6, 6.07) is 5.99. The lowest BCUT2D eigenvalue weighted by Crippen LogP contribution is -1.96. The van der Waals surface area contributed by atoms with Crippen LogP contribution in [0.15, 0.2) is 28.8 Å². The van der Waals surface area contributed by atoms with Gasteiger partial charge in [0, 0.05) is 12.0 Å². The van der Waals surface area contributed by atoms with E-state index >= 15 is 0 Å². The Labute approximate surface area is 105 Å². The Morgan fingerprint density at radius 3 is 2.78 bits per heavy atom. The minimum atomic E-state index is -0.834. The number of carbonyl (C=O) groups is 1. The monoisotopic (exact) mass is 245 g/mol. The van der Waals surface area contributed by atoms with Gasteiger partial charge < -0.3 is 9.52 Å². The Kier molecular flexibility index (Phi) is 3.46. The average Bonchev–Trinajstić information content (AvgIpc) is 2.79. The molecule has 2 rings (SSSR count). The van der Waals surface area contributed by atoms with Crippen LogP contribution in [0, 0.1) is 13.8 Å². The molecule has 1 aromatic heterocycles. The highest BCUT2D eigenvalue weighted by Gasteiger charge is 2.08. The van der Waals surface area contributed by atoms with Crippen LogP contribution < -0.4 is 0 Å². The second-order valence-electron chi connectivity index (χ2n) is 4.32. The van der Waals surface area contributed by atoms with Gasteiger partial charge in [-0.1, -0.05) is 6.07 Å². The molecule has 2 aromatic rings. The van der Waals surface area contributed by atoms with E-state index in [1.807, 2.05) is 32.0 Å². The van der Waals surface area contributed by atoms with Gasteiger partial charge in [-0.15, -0.1) is 0 Å². The summed E-state index contributed by atoms with van der Waals surface area (Å²) in [7, 11) is 0. The second-order valence-corrected chi connectivity index (χ2v) is 4.32. The average molecular weight is 245 g/mol. The number of oxazole rings is 1. The second kappa shape index (κ2) is 5.04. The molecule has 0 aliphatic heterocycles. The number of carboxylic acid groups (broad SMARTS) is 1. The molecule has 0 unspecified atom stereocenters. The van der Waals surface area contributed by atoms with Gasteiger partial charge in [-0.05, 0) is 37.1 Å². The quantitative estimate of drug-likeness (QED) is 0.899. The van der Waals surface area contributed by atoms with Gasteiger partial charge in [0.05, 0.1) is 12.6 Å². The van der Waals surface area contributed by atoms with E-state index in [1.54, 1.807) is 6.20 Å². The minimum absolute atomic E-state index is 0.0571. The van der Waals surface area contributed by atoms with Gasteiger partial charge in [-0.2, -0.15) is 0 Å². The Morgan fingerprint density at radius 2 is 2.11 bits per heavy atom. The molecule has 0 radical (unpaired) electrons. The highest BCUT2D eigenvalue weighted by Crippen LogP contribution is 2.22. The molecule has 0 atom stereocenters. The first-order valence-corrected chi connectivity index (χ1v) is 5.80. The molecule has 1 N–H and O–H groups in total. The van der Waals surface area contributed by atoms with E-state index in [0.29, 0.717) is 18.1 Å². The van der Waals surface area contributed by atoms with E-state index < -0.39 is 5.97 Å². The van der Waals surface area contributed by atoms with Crippen molar-refractivity contribution in [1.29, 1.82) is 0 Å². The van der Waals surface area contributed by atoms with Crippen LogP contribution in [0.3, 0.4) is 0 Å². The van der Waals surface area contributed by atoms with Crippen LogP contribution in [-0.4, -0.2) is 16.1 Å². The third-order valence-electron chi connectivity index (χ3n) is 2.89. The van der Waals surface area contributed by atoms with Crippen molar-refractivity contribution in [2.24, 2.45) is 0 Å². The largest absolute Gasteiger partial charge is 0.481 e. The number of aliphatic carboxylic acids is 1. The molecule has 0 saturated heterocycles. The molecule has 18 heavy (non-hydrogen) atoms. The highest BCUT2D eigenvalue weighted by atomic mass is 16.4. The highest BCUT2D eigenvalue weighted by molar-refractivity contribution is 5.67. The van der Waals surface area contributed by atoms with Crippen molar-refractivity contribution >= 4 is 5.97 Å². The summed E-state index contributed by atoms with van der Waals surface area (Å²) in [5.74, 6) is 0.309. The molecule has 0 fully saturated rings. The van der Waals surface area contributed by atoms with E-state index in [2.05, 4.69) is 4.98 Å². The topological polar surface area (TPSA) is 63.3 Å². The van der Waals surface area contributed by atoms with E-state index in [-0.39, 0.29) is 6.42 Å².